The summed E-state index contributed by atoms with van der Waals surface area (Å²) in [4.78, 5) is 2.34. The maximum atomic E-state index is 12.5. The summed E-state index contributed by atoms with van der Waals surface area (Å²) in [7, 11) is -3.65. The molecule has 26 heavy (non-hydrogen) atoms. The van der Waals surface area contributed by atoms with E-state index in [2.05, 4.69) is 9.30 Å². The predicted molar refractivity (Wildman–Crippen MR) is 108 cm³/mol. The summed E-state index contributed by atoms with van der Waals surface area (Å²) < 4.78 is 29.2. The van der Waals surface area contributed by atoms with Crippen LogP contribution in [0.25, 0.3) is 0 Å². The second-order valence-electron chi connectivity index (χ2n) is 6.23. The number of nitrogen functional groups attached to an aromatic ring is 1. The quantitative estimate of drug-likeness (QED) is 0.788. The van der Waals surface area contributed by atoms with Crippen LogP contribution in [-0.2, 0) is 16.4 Å². The minimum Gasteiger partial charge on any atom is -0.399 e. The molecule has 0 spiro atoms. The molecule has 1 aliphatic rings. The Morgan fingerprint density at radius 2 is 1.69 bits per heavy atom. The van der Waals surface area contributed by atoms with Gasteiger partial charge in [-0.3, -0.25) is 0 Å². The molecule has 1 saturated heterocycles. The molecule has 3 rings (SSSR count). The average Bonchev–Trinajstić information content (AvgIpc) is 2.63. The second-order valence-corrected chi connectivity index (χ2v) is 7.84. The summed E-state index contributed by atoms with van der Waals surface area (Å²) in [6.45, 7) is 1.60. The zero-order valence-electron chi connectivity index (χ0n) is 14.5. The van der Waals surface area contributed by atoms with Gasteiger partial charge in [0, 0.05) is 25.2 Å². The minimum atomic E-state index is -3.65. The van der Waals surface area contributed by atoms with E-state index < -0.39 is 10.0 Å². The van der Waals surface area contributed by atoms with Gasteiger partial charge in [-0.15, -0.1) is 16.8 Å². The first-order valence-electron chi connectivity index (χ1n) is 8.53. The number of hydrogen-bond donors (Lipinski definition) is 1. The molecule has 0 amide bonds. The fraction of sp³-hybridized carbons (Fsp3) is 0.316. The number of likely N-dealkylation sites (tertiary alicyclic amines) is 1. The molecule has 1 fully saturated rings. The molecule has 0 bridgehead atoms. The standard InChI is InChI=1S/C19H23N3O2S.ClH/c20-17-11-9-16(10-12-17)13-15-22-14-5-4-8-19(22)21-25(23,24)18-6-2-1-3-7-18;/h1-3,6-7,9-12H,4-5,8,13-15,20H2;1H. The highest BCUT2D eigenvalue weighted by Gasteiger charge is 2.21. The van der Waals surface area contributed by atoms with Gasteiger partial charge in [0.05, 0.1) is 4.90 Å². The first kappa shape index (κ1) is 20.3. The highest BCUT2D eigenvalue weighted by atomic mass is 35.5. The molecular weight excluding hydrogens is 370 g/mol. The predicted octanol–water partition coefficient (Wildman–Crippen LogP) is 3.51. The largest absolute Gasteiger partial charge is 0.399 e. The van der Waals surface area contributed by atoms with Gasteiger partial charge < -0.3 is 10.6 Å². The van der Waals surface area contributed by atoms with Crippen molar-refractivity contribution in [2.45, 2.75) is 30.6 Å². The highest BCUT2D eigenvalue weighted by Crippen LogP contribution is 2.18. The molecule has 5 nitrogen and oxygen atoms in total. The molecule has 7 heteroatoms. The zero-order chi connectivity index (χ0) is 17.7. The van der Waals surface area contributed by atoms with Crippen molar-refractivity contribution in [3.05, 3.63) is 60.2 Å². The van der Waals surface area contributed by atoms with Crippen LogP contribution in [-0.4, -0.2) is 32.2 Å². The third-order valence-electron chi connectivity index (χ3n) is 4.36. The molecule has 0 radical (unpaired) electrons. The van der Waals surface area contributed by atoms with Crippen LogP contribution in [0.2, 0.25) is 0 Å². The number of nitrogens with zero attached hydrogens (tertiary/aromatic N) is 2. The number of hydrogen-bond acceptors (Lipinski definition) is 3. The summed E-state index contributed by atoms with van der Waals surface area (Å²) in [6.07, 6.45) is 3.58. The fourth-order valence-electron chi connectivity index (χ4n) is 2.95. The summed E-state index contributed by atoms with van der Waals surface area (Å²) in [5.74, 6) is 0.672. The number of halogens is 1. The molecular formula is C19H24ClN3O2S. The summed E-state index contributed by atoms with van der Waals surface area (Å²) in [6, 6.07) is 16.2. The van der Waals surface area contributed by atoms with E-state index in [9.17, 15) is 8.42 Å². The number of piperidine rings is 1. The number of sulfonamides is 1. The first-order chi connectivity index (χ1) is 12.0. The monoisotopic (exact) mass is 393 g/mol. The minimum absolute atomic E-state index is 0. The van der Waals surface area contributed by atoms with E-state index in [-0.39, 0.29) is 17.3 Å². The Labute approximate surface area is 161 Å². The van der Waals surface area contributed by atoms with Gasteiger partial charge in [-0.2, -0.15) is 8.42 Å². The third kappa shape index (κ3) is 5.22. The van der Waals surface area contributed by atoms with Crippen LogP contribution in [0.3, 0.4) is 0 Å². The van der Waals surface area contributed by atoms with Gasteiger partial charge in [-0.25, -0.2) is 0 Å². The fourth-order valence-corrected chi connectivity index (χ4v) is 4.04. The molecule has 2 aromatic rings. The van der Waals surface area contributed by atoms with Gasteiger partial charge in [0.15, 0.2) is 0 Å². The SMILES string of the molecule is Cl.Nc1ccc(CCN2CCCCC2=NS(=O)(=O)c2ccccc2)cc1. The molecule has 0 atom stereocenters. The van der Waals surface area contributed by atoms with Gasteiger partial charge in [-0.05, 0) is 49.1 Å². The number of anilines is 1. The summed E-state index contributed by atoms with van der Waals surface area (Å²) in [5.41, 5.74) is 7.65. The Balaban J connectivity index is 0.00000243. The normalized spacial score (nSPS) is 16.3. The second kappa shape index (κ2) is 9.05. The molecule has 0 unspecified atom stereocenters. The van der Waals surface area contributed by atoms with Gasteiger partial charge in [0.1, 0.15) is 5.84 Å². The lowest BCUT2D eigenvalue weighted by atomic mass is 10.1. The van der Waals surface area contributed by atoms with Crippen LogP contribution in [0.1, 0.15) is 24.8 Å². The smallest absolute Gasteiger partial charge is 0.283 e. The van der Waals surface area contributed by atoms with Crippen molar-refractivity contribution in [3.63, 3.8) is 0 Å². The van der Waals surface area contributed by atoms with Crippen molar-refractivity contribution < 1.29 is 8.42 Å². The van der Waals surface area contributed by atoms with Crippen molar-refractivity contribution in [3.8, 4) is 0 Å². The van der Waals surface area contributed by atoms with Crippen molar-refractivity contribution >= 4 is 34.0 Å². The van der Waals surface area contributed by atoms with E-state index in [1.165, 1.54) is 5.56 Å². The summed E-state index contributed by atoms with van der Waals surface area (Å²) in [5, 5.41) is 0. The molecule has 0 saturated carbocycles. The Bertz CT molecular complexity index is 837. The third-order valence-corrected chi connectivity index (χ3v) is 5.68. The van der Waals surface area contributed by atoms with Gasteiger partial charge >= 0.3 is 0 Å². The van der Waals surface area contributed by atoms with E-state index in [0.29, 0.717) is 12.3 Å². The van der Waals surface area contributed by atoms with E-state index in [4.69, 9.17) is 5.73 Å². The maximum Gasteiger partial charge on any atom is 0.283 e. The number of amidine groups is 1. The van der Waals surface area contributed by atoms with Crippen LogP contribution in [0.5, 0.6) is 0 Å². The van der Waals surface area contributed by atoms with E-state index >= 15 is 0 Å². The van der Waals surface area contributed by atoms with E-state index in [1.807, 2.05) is 24.3 Å². The lowest BCUT2D eigenvalue weighted by molar-refractivity contribution is 0.374. The number of benzene rings is 2. The lowest BCUT2D eigenvalue weighted by Gasteiger charge is -2.30. The van der Waals surface area contributed by atoms with Crippen LogP contribution < -0.4 is 5.73 Å². The molecule has 2 N–H and O–H groups in total. The molecule has 1 heterocycles. The van der Waals surface area contributed by atoms with E-state index in [0.717, 1.165) is 38.0 Å². The molecule has 0 aliphatic carbocycles. The van der Waals surface area contributed by atoms with Gasteiger partial charge in [0.2, 0.25) is 0 Å². The Hall–Kier alpha value is -2.05. The zero-order valence-corrected chi connectivity index (χ0v) is 16.2. The van der Waals surface area contributed by atoms with E-state index in [1.54, 1.807) is 30.3 Å². The average molecular weight is 394 g/mol. The number of rotatable bonds is 5. The molecule has 140 valence electrons. The van der Waals surface area contributed by atoms with Crippen molar-refractivity contribution in [1.82, 2.24) is 4.90 Å². The molecule has 0 aromatic heterocycles. The summed E-state index contributed by atoms with van der Waals surface area (Å²) >= 11 is 0. The highest BCUT2D eigenvalue weighted by molar-refractivity contribution is 7.90. The van der Waals surface area contributed by atoms with Crippen LogP contribution in [0, 0.1) is 0 Å². The number of nitrogens with two attached hydrogens (primary N) is 1. The molecule has 1 aliphatic heterocycles. The Morgan fingerprint density at radius 1 is 1.00 bits per heavy atom. The molecule has 2 aromatic carbocycles. The van der Waals surface area contributed by atoms with Crippen LogP contribution in [0.4, 0.5) is 5.69 Å². The van der Waals surface area contributed by atoms with Gasteiger partial charge in [0.25, 0.3) is 10.0 Å². The van der Waals surface area contributed by atoms with Crippen molar-refractivity contribution in [1.29, 1.82) is 0 Å². The maximum absolute atomic E-state index is 12.5. The first-order valence-corrected chi connectivity index (χ1v) is 9.97. The van der Waals surface area contributed by atoms with Crippen LogP contribution >= 0.6 is 12.4 Å². The Morgan fingerprint density at radius 3 is 2.38 bits per heavy atom. The van der Waals surface area contributed by atoms with Crippen LogP contribution in [0.15, 0.2) is 63.9 Å². The van der Waals surface area contributed by atoms with Gasteiger partial charge in [-0.1, -0.05) is 30.3 Å². The van der Waals surface area contributed by atoms with Crippen molar-refractivity contribution in [2.75, 3.05) is 18.8 Å². The Kier molecular flexibility index (Phi) is 7.06. The topological polar surface area (TPSA) is 75.8 Å². The van der Waals surface area contributed by atoms with Crippen molar-refractivity contribution in [2.24, 2.45) is 4.40 Å². The lowest BCUT2D eigenvalue weighted by Crippen LogP contribution is -2.37.